The molecule has 282 valence electrons. The molecule has 2 aromatic rings. The van der Waals surface area contributed by atoms with E-state index in [9.17, 15) is 37.1 Å². The molecule has 6 rings (SSSR count). The molecule has 2 aliphatic carbocycles. The molecule has 1 aromatic carbocycles. The molecule has 3 heterocycles. The van der Waals surface area contributed by atoms with Gasteiger partial charge in [-0.15, -0.1) is 0 Å². The first-order valence-corrected chi connectivity index (χ1v) is 19.3. The van der Waals surface area contributed by atoms with Crippen molar-refractivity contribution in [3.8, 4) is 11.6 Å². The van der Waals surface area contributed by atoms with Crippen molar-refractivity contribution in [3.63, 3.8) is 0 Å². The van der Waals surface area contributed by atoms with Crippen molar-refractivity contribution in [2.45, 2.75) is 101 Å². The molecule has 4 aliphatic rings. The third kappa shape index (κ3) is 7.39. The SMILES string of the molecule is CCOc1cc2ccnc(O[C@@H]3C[C@H]4C(=O)N[C@]5(C(=O)NS(=O)(=O)C6(C)CC6)C[C@H]5C=CCC[C@H](C)C[C@@H](C)[C@H](NC(=O)O)C(=O)N4C3)c2cc1F. The van der Waals surface area contributed by atoms with Crippen molar-refractivity contribution in [2.75, 3.05) is 13.2 Å². The minimum atomic E-state index is -4.02. The largest absolute Gasteiger partial charge is 0.491 e. The number of halogens is 1. The molecule has 2 saturated carbocycles. The van der Waals surface area contributed by atoms with Crippen LogP contribution in [-0.4, -0.2) is 88.8 Å². The van der Waals surface area contributed by atoms with Gasteiger partial charge < -0.3 is 30.1 Å². The second-order valence-electron chi connectivity index (χ2n) is 14.9. The number of nitrogens with zero attached hydrogens (tertiary/aromatic N) is 2. The van der Waals surface area contributed by atoms with Gasteiger partial charge in [0.2, 0.25) is 27.7 Å². The predicted octanol–water partition coefficient (Wildman–Crippen LogP) is 3.64. The van der Waals surface area contributed by atoms with Crippen LogP contribution in [0.15, 0.2) is 36.5 Å². The van der Waals surface area contributed by atoms with Crippen LogP contribution in [0.25, 0.3) is 10.8 Å². The number of rotatable bonds is 8. The van der Waals surface area contributed by atoms with E-state index in [1.165, 1.54) is 23.2 Å². The quantitative estimate of drug-likeness (QED) is 0.290. The number of hydrogen-bond acceptors (Lipinski definition) is 9. The summed E-state index contributed by atoms with van der Waals surface area (Å²) in [5.74, 6) is -3.56. The van der Waals surface area contributed by atoms with Gasteiger partial charge in [-0.2, -0.15) is 0 Å². The Labute approximate surface area is 301 Å². The Hall–Kier alpha value is -4.47. The number of ether oxygens (including phenoxy) is 2. The van der Waals surface area contributed by atoms with Crippen LogP contribution in [0.1, 0.15) is 72.6 Å². The molecular weight excluding hydrogens is 697 g/mol. The number of aromatic nitrogens is 1. The minimum absolute atomic E-state index is 0.0597. The fraction of sp³-hybridized carbons (Fsp3) is 0.583. The topological polar surface area (TPSA) is 193 Å². The molecular formula is C36H46FN5O9S. The number of amides is 4. The first-order valence-electron chi connectivity index (χ1n) is 17.8. The predicted molar refractivity (Wildman–Crippen MR) is 187 cm³/mol. The lowest BCUT2D eigenvalue weighted by Crippen LogP contribution is -2.59. The zero-order chi connectivity index (χ0) is 37.6. The van der Waals surface area contributed by atoms with Gasteiger partial charge >= 0.3 is 6.09 Å². The molecule has 3 fully saturated rings. The number of sulfonamides is 1. The fourth-order valence-electron chi connectivity index (χ4n) is 7.39. The number of fused-ring (bicyclic) bond motifs is 3. The first kappa shape index (κ1) is 37.3. The summed E-state index contributed by atoms with van der Waals surface area (Å²) in [6.45, 7) is 7.20. The number of carboxylic acid groups (broad SMARTS) is 1. The van der Waals surface area contributed by atoms with E-state index in [1.54, 1.807) is 26.8 Å². The monoisotopic (exact) mass is 743 g/mol. The summed E-state index contributed by atoms with van der Waals surface area (Å²) >= 11 is 0. The van der Waals surface area contributed by atoms with Crippen LogP contribution in [0.3, 0.4) is 0 Å². The Morgan fingerprint density at radius 1 is 1.19 bits per heavy atom. The van der Waals surface area contributed by atoms with Crippen LogP contribution in [0.2, 0.25) is 0 Å². The van der Waals surface area contributed by atoms with E-state index in [0.717, 1.165) is 0 Å². The zero-order valence-electron chi connectivity index (χ0n) is 29.7. The van der Waals surface area contributed by atoms with E-state index in [2.05, 4.69) is 20.3 Å². The third-order valence-electron chi connectivity index (χ3n) is 10.9. The zero-order valence-corrected chi connectivity index (χ0v) is 30.5. The van der Waals surface area contributed by atoms with Crippen molar-refractivity contribution in [2.24, 2.45) is 17.8 Å². The Bertz CT molecular complexity index is 1900. The van der Waals surface area contributed by atoms with Crippen molar-refractivity contribution >= 4 is 44.6 Å². The number of pyridine rings is 1. The summed E-state index contributed by atoms with van der Waals surface area (Å²) in [6.07, 6.45) is 5.71. The van der Waals surface area contributed by atoms with E-state index in [1.807, 2.05) is 19.1 Å². The highest BCUT2D eigenvalue weighted by molar-refractivity contribution is 7.91. The van der Waals surface area contributed by atoms with Gasteiger partial charge in [-0.05, 0) is 87.8 Å². The van der Waals surface area contributed by atoms with E-state index in [4.69, 9.17) is 9.47 Å². The molecule has 16 heteroatoms. The lowest BCUT2D eigenvalue weighted by molar-refractivity contribution is -0.142. The summed E-state index contributed by atoms with van der Waals surface area (Å²) in [5, 5.41) is 15.8. The summed E-state index contributed by atoms with van der Waals surface area (Å²) in [6, 6.07) is 2.00. The Balaban J connectivity index is 1.34. The van der Waals surface area contributed by atoms with Crippen LogP contribution in [0, 0.1) is 23.6 Å². The second kappa shape index (κ2) is 14.2. The number of nitrogens with one attached hydrogen (secondary N) is 3. The molecule has 0 radical (unpaired) electrons. The summed E-state index contributed by atoms with van der Waals surface area (Å²) in [4.78, 5) is 59.9. The number of carbonyl (C=O) groups is 4. The molecule has 14 nitrogen and oxygen atoms in total. The second-order valence-corrected chi connectivity index (χ2v) is 17.1. The van der Waals surface area contributed by atoms with Gasteiger partial charge in [-0.25, -0.2) is 22.6 Å². The van der Waals surface area contributed by atoms with Gasteiger partial charge in [0, 0.05) is 23.9 Å². The lowest BCUT2D eigenvalue weighted by Gasteiger charge is -2.32. The van der Waals surface area contributed by atoms with Crippen LogP contribution < -0.4 is 24.8 Å². The summed E-state index contributed by atoms with van der Waals surface area (Å²) < 4.78 is 53.9. The number of carbonyl (C=O) groups excluding carboxylic acids is 3. The lowest BCUT2D eigenvalue weighted by atomic mass is 9.88. The molecule has 0 spiro atoms. The molecule has 52 heavy (non-hydrogen) atoms. The molecule has 0 unspecified atom stereocenters. The Morgan fingerprint density at radius 2 is 1.94 bits per heavy atom. The van der Waals surface area contributed by atoms with E-state index < -0.39 is 80.0 Å². The van der Waals surface area contributed by atoms with Crippen molar-refractivity contribution in [1.82, 2.24) is 25.2 Å². The standard InChI is InChI=1S/C36H46FN5O9S/c1-5-50-28-15-22-10-13-38-31(25(22)17-26(28)37)51-24-16-27-30(43)40-36(33(45)41-52(48,49)35(4)11-12-35)18-23(36)9-7-6-8-20(2)14-21(3)29(39-34(46)47)32(44)42(27)19-24/h7,9-10,13,15,17,20-21,23-24,27,29,39H,5-6,8,11-12,14,16,18-19H2,1-4H3,(H,40,43)(H,41,45)(H,46,47)/t20-,21+,23+,24+,27-,29-,36+/m0/s1. The fourth-order valence-corrected chi connectivity index (χ4v) is 8.71. The van der Waals surface area contributed by atoms with Crippen molar-refractivity contribution < 1.29 is 46.6 Å². The van der Waals surface area contributed by atoms with E-state index in [-0.39, 0.29) is 43.5 Å². The highest BCUT2D eigenvalue weighted by Crippen LogP contribution is 2.47. The van der Waals surface area contributed by atoms with Gasteiger partial charge in [0.05, 0.1) is 17.9 Å². The average Bonchev–Trinajstić information content (AvgIpc) is 3.96. The maximum atomic E-state index is 14.9. The molecule has 4 N–H and O–H groups in total. The molecule has 2 aliphatic heterocycles. The Kier molecular flexibility index (Phi) is 10.2. The number of hydrogen-bond donors (Lipinski definition) is 4. The molecule has 7 atom stereocenters. The third-order valence-corrected chi connectivity index (χ3v) is 13.0. The van der Waals surface area contributed by atoms with E-state index in [0.29, 0.717) is 42.9 Å². The minimum Gasteiger partial charge on any atom is -0.491 e. The molecule has 4 amide bonds. The number of allylic oxidation sites excluding steroid dienone is 1. The summed E-state index contributed by atoms with van der Waals surface area (Å²) in [7, 11) is -4.02. The molecule has 1 saturated heterocycles. The van der Waals surface area contributed by atoms with Crippen LogP contribution in [-0.2, 0) is 24.4 Å². The maximum absolute atomic E-state index is 14.9. The maximum Gasteiger partial charge on any atom is 0.405 e. The summed E-state index contributed by atoms with van der Waals surface area (Å²) in [5.41, 5.74) is -1.58. The highest BCUT2D eigenvalue weighted by Gasteiger charge is 2.63. The highest BCUT2D eigenvalue weighted by atomic mass is 32.2. The van der Waals surface area contributed by atoms with Gasteiger partial charge in [-0.1, -0.05) is 26.0 Å². The first-order chi connectivity index (χ1) is 24.6. The van der Waals surface area contributed by atoms with Gasteiger partial charge in [0.1, 0.15) is 23.7 Å². The molecule has 0 bridgehead atoms. The Morgan fingerprint density at radius 3 is 2.63 bits per heavy atom. The van der Waals surface area contributed by atoms with Gasteiger partial charge in [0.25, 0.3) is 5.91 Å². The van der Waals surface area contributed by atoms with Crippen LogP contribution >= 0.6 is 0 Å². The van der Waals surface area contributed by atoms with Crippen LogP contribution in [0.5, 0.6) is 11.6 Å². The average molecular weight is 744 g/mol. The normalized spacial score (nSPS) is 30.2. The van der Waals surface area contributed by atoms with Crippen molar-refractivity contribution in [3.05, 3.63) is 42.4 Å². The molecule has 1 aromatic heterocycles. The van der Waals surface area contributed by atoms with Gasteiger partial charge in [-0.3, -0.25) is 19.1 Å². The van der Waals surface area contributed by atoms with Gasteiger partial charge in [0.15, 0.2) is 11.6 Å². The van der Waals surface area contributed by atoms with Crippen LogP contribution in [0.4, 0.5) is 9.18 Å². The van der Waals surface area contributed by atoms with E-state index >= 15 is 0 Å². The smallest absolute Gasteiger partial charge is 0.405 e. The number of benzene rings is 1. The van der Waals surface area contributed by atoms with Crippen molar-refractivity contribution in [1.29, 1.82) is 0 Å².